The van der Waals surface area contributed by atoms with Crippen LogP contribution in [0.5, 0.6) is 0 Å². The van der Waals surface area contributed by atoms with E-state index in [0.717, 1.165) is 42.6 Å². The van der Waals surface area contributed by atoms with Gasteiger partial charge in [0.1, 0.15) is 0 Å². The molecule has 3 aliphatic rings. The summed E-state index contributed by atoms with van der Waals surface area (Å²) in [6.45, 7) is 2.02. The van der Waals surface area contributed by atoms with E-state index in [0.29, 0.717) is 38.8 Å². The minimum absolute atomic E-state index is 0.0513. The minimum Gasteiger partial charge on any atom is -0.382 e. The Labute approximate surface area is 198 Å². The van der Waals surface area contributed by atoms with Crippen molar-refractivity contribution in [2.45, 2.75) is 83.2 Å². The number of anilines is 2. The number of carbonyl (C=O) groups excluding carboxylic acids is 2. The van der Waals surface area contributed by atoms with Crippen LogP contribution in [0.4, 0.5) is 11.4 Å². The molecule has 0 aromatic heterocycles. The number of ketones is 2. The molecule has 168 valence electrons. The first-order chi connectivity index (χ1) is 15.5. The molecule has 32 heavy (non-hydrogen) atoms. The Kier molecular flexibility index (Phi) is 6.11. The van der Waals surface area contributed by atoms with Gasteiger partial charge in [0.2, 0.25) is 0 Å². The number of hydrogen-bond donors (Lipinski definition) is 2. The van der Waals surface area contributed by atoms with E-state index in [2.05, 4.69) is 26.6 Å². The molecule has 0 spiro atoms. The van der Waals surface area contributed by atoms with E-state index >= 15 is 0 Å². The number of fused-ring (bicyclic) bond motifs is 2. The first kappa shape index (κ1) is 21.7. The Morgan fingerprint density at radius 1 is 0.781 bits per heavy atom. The molecule has 5 rings (SSSR count). The molecule has 3 aliphatic carbocycles. The SMILES string of the molecule is Cc1cc(Br)c2c(c1NC1CCCCC1)C(=O)c1cccc(NC3CCCCC3)c1C2=O. The largest absolute Gasteiger partial charge is 0.382 e. The second kappa shape index (κ2) is 9.01. The molecule has 5 heteroatoms. The zero-order chi connectivity index (χ0) is 22.2. The fourth-order valence-corrected chi connectivity index (χ4v) is 6.42. The van der Waals surface area contributed by atoms with Crippen molar-refractivity contribution in [1.82, 2.24) is 0 Å². The maximum absolute atomic E-state index is 13.8. The Bertz CT molecular complexity index is 1070. The van der Waals surface area contributed by atoms with Crippen molar-refractivity contribution in [3.63, 3.8) is 0 Å². The lowest BCUT2D eigenvalue weighted by Crippen LogP contribution is -2.29. The number of hydrogen-bond acceptors (Lipinski definition) is 4. The number of benzene rings is 2. The van der Waals surface area contributed by atoms with Crippen LogP contribution in [0.25, 0.3) is 0 Å². The van der Waals surface area contributed by atoms with Crippen LogP contribution in [0.1, 0.15) is 102 Å². The summed E-state index contributed by atoms with van der Waals surface area (Å²) in [6, 6.07) is 8.37. The monoisotopic (exact) mass is 494 g/mol. The van der Waals surface area contributed by atoms with Crippen molar-refractivity contribution in [3.05, 3.63) is 56.6 Å². The zero-order valence-corrected chi connectivity index (χ0v) is 20.3. The van der Waals surface area contributed by atoms with Gasteiger partial charge in [-0.15, -0.1) is 0 Å². The zero-order valence-electron chi connectivity index (χ0n) is 18.7. The van der Waals surface area contributed by atoms with Crippen molar-refractivity contribution in [2.75, 3.05) is 10.6 Å². The number of halogens is 1. The fourth-order valence-electron chi connectivity index (χ4n) is 5.70. The number of aryl methyl sites for hydroxylation is 1. The highest BCUT2D eigenvalue weighted by Crippen LogP contribution is 2.41. The van der Waals surface area contributed by atoms with Crippen LogP contribution in [0.15, 0.2) is 28.7 Å². The van der Waals surface area contributed by atoms with Gasteiger partial charge in [-0.25, -0.2) is 0 Å². The summed E-state index contributed by atoms with van der Waals surface area (Å²) < 4.78 is 0.704. The van der Waals surface area contributed by atoms with Gasteiger partial charge in [0, 0.05) is 33.5 Å². The van der Waals surface area contributed by atoms with Crippen LogP contribution in [0, 0.1) is 6.92 Å². The van der Waals surface area contributed by atoms with Crippen LogP contribution in [0.3, 0.4) is 0 Å². The molecular formula is C27H31BrN2O2. The summed E-state index contributed by atoms with van der Waals surface area (Å²) in [5.41, 5.74) is 4.73. The van der Waals surface area contributed by atoms with Crippen molar-refractivity contribution in [3.8, 4) is 0 Å². The van der Waals surface area contributed by atoms with Gasteiger partial charge in [0.15, 0.2) is 11.6 Å². The van der Waals surface area contributed by atoms with E-state index in [-0.39, 0.29) is 11.6 Å². The lowest BCUT2D eigenvalue weighted by atomic mass is 9.81. The molecule has 4 nitrogen and oxygen atoms in total. The lowest BCUT2D eigenvalue weighted by Gasteiger charge is -2.30. The second-order valence-corrected chi connectivity index (χ2v) is 10.5. The van der Waals surface area contributed by atoms with Crippen molar-refractivity contribution in [1.29, 1.82) is 0 Å². The Balaban J connectivity index is 1.57. The molecule has 0 unspecified atom stereocenters. The molecule has 0 saturated heterocycles. The van der Waals surface area contributed by atoms with Gasteiger partial charge in [-0.2, -0.15) is 0 Å². The molecule has 0 heterocycles. The number of rotatable bonds is 4. The predicted molar refractivity (Wildman–Crippen MR) is 133 cm³/mol. The van der Waals surface area contributed by atoms with Crippen LogP contribution in [-0.4, -0.2) is 23.7 Å². The molecule has 0 bridgehead atoms. The number of carbonyl (C=O) groups is 2. The van der Waals surface area contributed by atoms with Gasteiger partial charge >= 0.3 is 0 Å². The Hall–Kier alpha value is -2.14. The van der Waals surface area contributed by atoms with Gasteiger partial charge in [-0.1, -0.05) is 50.7 Å². The fraction of sp³-hybridized carbons (Fsp3) is 0.481. The van der Waals surface area contributed by atoms with E-state index in [1.54, 1.807) is 0 Å². The molecule has 0 atom stereocenters. The Morgan fingerprint density at radius 2 is 1.41 bits per heavy atom. The molecule has 0 aliphatic heterocycles. The standard InChI is InChI=1S/C27H31BrN2O2/c1-16-15-20(28)23-24(25(16)30-18-11-6-3-7-12-18)26(31)19-13-8-14-21(22(19)27(23)32)29-17-9-4-2-5-10-17/h8,13-15,17-18,29-30H,2-7,9-12H2,1H3. The molecule has 2 N–H and O–H groups in total. The third-order valence-electron chi connectivity index (χ3n) is 7.39. The third kappa shape index (κ3) is 3.89. The summed E-state index contributed by atoms with van der Waals surface area (Å²) in [6.07, 6.45) is 11.8. The van der Waals surface area contributed by atoms with Crippen molar-refractivity contribution in [2.24, 2.45) is 0 Å². The average Bonchev–Trinajstić information content (AvgIpc) is 2.80. The first-order valence-corrected chi connectivity index (χ1v) is 12.9. The highest BCUT2D eigenvalue weighted by molar-refractivity contribution is 9.10. The summed E-state index contributed by atoms with van der Waals surface area (Å²) in [7, 11) is 0. The smallest absolute Gasteiger partial charge is 0.197 e. The summed E-state index contributed by atoms with van der Waals surface area (Å²) in [4.78, 5) is 27.7. The van der Waals surface area contributed by atoms with E-state index < -0.39 is 0 Å². The van der Waals surface area contributed by atoms with E-state index in [4.69, 9.17) is 0 Å². The lowest BCUT2D eigenvalue weighted by molar-refractivity contribution is 0.0979. The highest BCUT2D eigenvalue weighted by Gasteiger charge is 2.36. The highest BCUT2D eigenvalue weighted by atomic mass is 79.9. The molecule has 2 aromatic rings. The van der Waals surface area contributed by atoms with Gasteiger partial charge < -0.3 is 10.6 Å². The van der Waals surface area contributed by atoms with Crippen molar-refractivity contribution < 1.29 is 9.59 Å². The summed E-state index contributed by atoms with van der Waals surface area (Å²) in [5, 5.41) is 7.25. The summed E-state index contributed by atoms with van der Waals surface area (Å²) in [5.74, 6) is -0.114. The van der Waals surface area contributed by atoms with Crippen LogP contribution < -0.4 is 10.6 Å². The average molecular weight is 495 g/mol. The predicted octanol–water partition coefficient (Wildman–Crippen LogP) is 7.02. The summed E-state index contributed by atoms with van der Waals surface area (Å²) >= 11 is 3.61. The third-order valence-corrected chi connectivity index (χ3v) is 8.01. The Morgan fingerprint density at radius 3 is 2.06 bits per heavy atom. The van der Waals surface area contributed by atoms with Gasteiger partial charge in [0.05, 0.1) is 16.7 Å². The topological polar surface area (TPSA) is 58.2 Å². The molecule has 2 fully saturated rings. The van der Waals surface area contributed by atoms with E-state index in [1.807, 2.05) is 31.2 Å². The maximum Gasteiger partial charge on any atom is 0.197 e. The molecular weight excluding hydrogens is 464 g/mol. The van der Waals surface area contributed by atoms with Gasteiger partial charge in [0.25, 0.3) is 0 Å². The first-order valence-electron chi connectivity index (χ1n) is 12.1. The molecule has 2 aromatic carbocycles. The minimum atomic E-state index is -0.0629. The van der Waals surface area contributed by atoms with E-state index in [9.17, 15) is 9.59 Å². The quantitative estimate of drug-likeness (QED) is 0.408. The van der Waals surface area contributed by atoms with E-state index in [1.165, 1.54) is 38.5 Å². The molecule has 0 amide bonds. The molecule has 0 radical (unpaired) electrons. The molecule has 2 saturated carbocycles. The van der Waals surface area contributed by atoms with Crippen LogP contribution in [-0.2, 0) is 0 Å². The normalized spacial score (nSPS) is 19.4. The second-order valence-electron chi connectivity index (χ2n) is 9.65. The number of nitrogens with one attached hydrogen (secondary N) is 2. The van der Waals surface area contributed by atoms with Gasteiger partial charge in [-0.3, -0.25) is 9.59 Å². The van der Waals surface area contributed by atoms with Crippen LogP contribution >= 0.6 is 15.9 Å². The van der Waals surface area contributed by atoms with Gasteiger partial charge in [-0.05, 0) is 66.2 Å². The van der Waals surface area contributed by atoms with Crippen molar-refractivity contribution >= 4 is 38.9 Å². The maximum atomic E-state index is 13.8. The van der Waals surface area contributed by atoms with Crippen LogP contribution in [0.2, 0.25) is 0 Å².